The van der Waals surface area contributed by atoms with Crippen LogP contribution >= 0.6 is 0 Å². The molecular weight excluding hydrogens is 383 g/mol. The number of carbonyl (C=O) groups excluding carboxylic acids is 1. The SMILES string of the molecule is Cc1ccc(NC(=NC[C@@H]2CCCO2)NC(=O)c2ccc(C(F)(F)F)cc2)cc1. The molecule has 0 aromatic heterocycles. The van der Waals surface area contributed by atoms with Crippen molar-refractivity contribution in [3.63, 3.8) is 0 Å². The number of nitrogens with zero attached hydrogens (tertiary/aromatic N) is 1. The van der Waals surface area contributed by atoms with Gasteiger partial charge in [-0.3, -0.25) is 10.1 Å². The molecule has 0 radical (unpaired) electrons. The summed E-state index contributed by atoms with van der Waals surface area (Å²) in [6.07, 6.45) is -2.59. The van der Waals surface area contributed by atoms with Crippen LogP contribution in [0.3, 0.4) is 0 Å². The zero-order chi connectivity index (χ0) is 20.9. The van der Waals surface area contributed by atoms with E-state index in [1.165, 1.54) is 0 Å². The molecule has 2 aromatic carbocycles. The molecule has 2 N–H and O–H groups in total. The maximum absolute atomic E-state index is 12.7. The number of aliphatic imine (C=N–C) groups is 1. The van der Waals surface area contributed by atoms with Gasteiger partial charge >= 0.3 is 6.18 Å². The van der Waals surface area contributed by atoms with Crippen LogP contribution in [0.1, 0.15) is 34.3 Å². The molecule has 1 fully saturated rings. The quantitative estimate of drug-likeness (QED) is 0.586. The van der Waals surface area contributed by atoms with Gasteiger partial charge in [-0.2, -0.15) is 13.2 Å². The highest BCUT2D eigenvalue weighted by molar-refractivity contribution is 6.09. The van der Waals surface area contributed by atoms with Gasteiger partial charge < -0.3 is 10.1 Å². The van der Waals surface area contributed by atoms with E-state index >= 15 is 0 Å². The van der Waals surface area contributed by atoms with Crippen molar-refractivity contribution in [1.29, 1.82) is 0 Å². The second-order valence-corrected chi connectivity index (χ2v) is 6.84. The van der Waals surface area contributed by atoms with Gasteiger partial charge in [0.15, 0.2) is 0 Å². The lowest BCUT2D eigenvalue weighted by atomic mass is 10.1. The van der Waals surface area contributed by atoms with Gasteiger partial charge in [-0.25, -0.2) is 4.99 Å². The number of guanidine groups is 1. The number of rotatable bonds is 4. The standard InChI is InChI=1S/C21H22F3N3O2/c1-14-4-10-17(11-5-14)26-20(25-13-18-3-2-12-29-18)27-19(28)15-6-8-16(9-7-15)21(22,23)24/h4-11,18H,2-3,12-13H2,1H3,(H2,25,26,27,28)/t18-/m0/s1. The van der Waals surface area contributed by atoms with Gasteiger partial charge in [0.2, 0.25) is 5.96 Å². The number of carbonyl (C=O) groups is 1. The lowest BCUT2D eigenvalue weighted by molar-refractivity contribution is -0.137. The molecule has 1 heterocycles. The average Bonchev–Trinajstić information content (AvgIpc) is 3.21. The molecule has 0 spiro atoms. The molecule has 1 atom stereocenters. The molecule has 0 bridgehead atoms. The first-order valence-electron chi connectivity index (χ1n) is 9.29. The average molecular weight is 405 g/mol. The second-order valence-electron chi connectivity index (χ2n) is 6.84. The van der Waals surface area contributed by atoms with Crippen LogP contribution in [0.4, 0.5) is 18.9 Å². The van der Waals surface area contributed by atoms with E-state index in [0.29, 0.717) is 13.2 Å². The topological polar surface area (TPSA) is 62.7 Å². The van der Waals surface area contributed by atoms with Crippen molar-refractivity contribution in [3.05, 3.63) is 65.2 Å². The molecule has 5 nitrogen and oxygen atoms in total. The number of halogens is 3. The van der Waals surface area contributed by atoms with Gasteiger partial charge in [0.05, 0.1) is 18.2 Å². The summed E-state index contributed by atoms with van der Waals surface area (Å²) < 4.78 is 43.7. The van der Waals surface area contributed by atoms with E-state index in [1.807, 2.05) is 31.2 Å². The number of hydrogen-bond donors (Lipinski definition) is 2. The maximum atomic E-state index is 12.7. The minimum atomic E-state index is -4.45. The van der Waals surface area contributed by atoms with E-state index in [2.05, 4.69) is 15.6 Å². The van der Waals surface area contributed by atoms with Crippen LogP contribution in [-0.4, -0.2) is 31.1 Å². The largest absolute Gasteiger partial charge is 0.416 e. The third-order valence-electron chi connectivity index (χ3n) is 4.50. The lowest BCUT2D eigenvalue weighted by Gasteiger charge is -2.14. The first-order valence-corrected chi connectivity index (χ1v) is 9.29. The molecule has 0 saturated carbocycles. The maximum Gasteiger partial charge on any atom is 0.416 e. The number of alkyl halides is 3. The Bertz CT molecular complexity index is 856. The van der Waals surface area contributed by atoms with Crippen LogP contribution < -0.4 is 10.6 Å². The van der Waals surface area contributed by atoms with Crippen LogP contribution in [0.2, 0.25) is 0 Å². The van der Waals surface area contributed by atoms with Crippen molar-refractivity contribution in [1.82, 2.24) is 5.32 Å². The molecule has 154 valence electrons. The first-order chi connectivity index (χ1) is 13.8. The van der Waals surface area contributed by atoms with Gasteiger partial charge in [-0.1, -0.05) is 17.7 Å². The van der Waals surface area contributed by atoms with Crippen molar-refractivity contribution < 1.29 is 22.7 Å². The number of nitrogens with one attached hydrogen (secondary N) is 2. The van der Waals surface area contributed by atoms with Gasteiger partial charge in [0, 0.05) is 17.9 Å². The minimum Gasteiger partial charge on any atom is -0.376 e. The van der Waals surface area contributed by atoms with E-state index < -0.39 is 17.6 Å². The summed E-state index contributed by atoms with van der Waals surface area (Å²) in [6.45, 7) is 3.03. The molecule has 29 heavy (non-hydrogen) atoms. The van der Waals surface area contributed by atoms with E-state index in [9.17, 15) is 18.0 Å². The zero-order valence-electron chi connectivity index (χ0n) is 15.9. The number of aryl methyl sites for hydroxylation is 1. The molecular formula is C21H22F3N3O2. The van der Waals surface area contributed by atoms with Crippen molar-refractivity contribution in [2.75, 3.05) is 18.5 Å². The number of ether oxygens (including phenoxy) is 1. The number of anilines is 1. The van der Waals surface area contributed by atoms with E-state index in [4.69, 9.17) is 4.74 Å². The van der Waals surface area contributed by atoms with Crippen LogP contribution in [0.15, 0.2) is 53.5 Å². The molecule has 8 heteroatoms. The molecule has 1 amide bonds. The van der Waals surface area contributed by atoms with Crippen LogP contribution in [0.5, 0.6) is 0 Å². The van der Waals surface area contributed by atoms with Gasteiger partial charge in [-0.15, -0.1) is 0 Å². The highest BCUT2D eigenvalue weighted by Gasteiger charge is 2.30. The summed E-state index contributed by atoms with van der Waals surface area (Å²) in [6, 6.07) is 11.6. The monoisotopic (exact) mass is 405 g/mol. The van der Waals surface area contributed by atoms with E-state index in [-0.39, 0.29) is 17.6 Å². The van der Waals surface area contributed by atoms with Gasteiger partial charge in [0.1, 0.15) is 0 Å². The Morgan fingerprint density at radius 2 is 1.83 bits per heavy atom. The Hall–Kier alpha value is -2.87. The van der Waals surface area contributed by atoms with Crippen molar-refractivity contribution in [3.8, 4) is 0 Å². The minimum absolute atomic E-state index is 0.00668. The molecule has 0 aliphatic carbocycles. The van der Waals surface area contributed by atoms with Gasteiger partial charge in [-0.05, 0) is 56.2 Å². The van der Waals surface area contributed by atoms with Crippen LogP contribution in [0, 0.1) is 6.92 Å². The summed E-state index contributed by atoms with van der Waals surface area (Å²) in [4.78, 5) is 16.9. The Morgan fingerprint density at radius 1 is 1.14 bits per heavy atom. The summed E-state index contributed by atoms with van der Waals surface area (Å²) >= 11 is 0. The van der Waals surface area contributed by atoms with E-state index in [0.717, 1.165) is 48.4 Å². The summed E-state index contributed by atoms with van der Waals surface area (Å²) in [5.74, 6) is -0.335. The third kappa shape index (κ3) is 6.05. The normalized spacial score (nSPS) is 17.2. The second kappa shape index (κ2) is 9.09. The summed E-state index contributed by atoms with van der Waals surface area (Å²) in [5.41, 5.74) is 1.12. The van der Waals surface area contributed by atoms with Crippen molar-refractivity contribution >= 4 is 17.6 Å². The zero-order valence-corrected chi connectivity index (χ0v) is 15.9. The fraction of sp³-hybridized carbons (Fsp3) is 0.333. The number of amides is 1. The summed E-state index contributed by atoms with van der Waals surface area (Å²) in [7, 11) is 0. The Balaban J connectivity index is 1.73. The summed E-state index contributed by atoms with van der Waals surface area (Å²) in [5, 5.41) is 5.69. The molecule has 0 unspecified atom stereocenters. The van der Waals surface area contributed by atoms with Crippen LogP contribution in [-0.2, 0) is 10.9 Å². The van der Waals surface area contributed by atoms with E-state index in [1.54, 1.807) is 0 Å². The fourth-order valence-corrected chi connectivity index (χ4v) is 2.86. The third-order valence-corrected chi connectivity index (χ3v) is 4.50. The highest BCUT2D eigenvalue weighted by Crippen LogP contribution is 2.29. The Kier molecular flexibility index (Phi) is 6.53. The molecule has 1 aliphatic rings. The predicted molar refractivity (Wildman–Crippen MR) is 105 cm³/mol. The number of benzene rings is 2. The molecule has 2 aromatic rings. The predicted octanol–water partition coefficient (Wildman–Crippen LogP) is 4.39. The highest BCUT2D eigenvalue weighted by atomic mass is 19.4. The van der Waals surface area contributed by atoms with Crippen LogP contribution in [0.25, 0.3) is 0 Å². The smallest absolute Gasteiger partial charge is 0.376 e. The fourth-order valence-electron chi connectivity index (χ4n) is 2.86. The molecule has 1 saturated heterocycles. The molecule has 3 rings (SSSR count). The Labute approximate surface area is 167 Å². The lowest BCUT2D eigenvalue weighted by Crippen LogP contribution is -2.36. The first kappa shape index (κ1) is 20.9. The van der Waals surface area contributed by atoms with Crippen molar-refractivity contribution in [2.24, 2.45) is 4.99 Å². The number of hydrogen-bond acceptors (Lipinski definition) is 3. The van der Waals surface area contributed by atoms with Gasteiger partial charge in [0.25, 0.3) is 5.91 Å². The Morgan fingerprint density at radius 3 is 2.41 bits per heavy atom. The van der Waals surface area contributed by atoms with Crippen molar-refractivity contribution in [2.45, 2.75) is 32.0 Å². The molecule has 1 aliphatic heterocycles.